The number of aryl methyl sites for hydroxylation is 1. The number of fused-ring (bicyclic) bond motifs is 1. The van der Waals surface area contributed by atoms with Crippen molar-refractivity contribution in [2.45, 2.75) is 76.6 Å². The van der Waals surface area contributed by atoms with Crippen LogP contribution < -0.4 is 4.74 Å². The van der Waals surface area contributed by atoms with Crippen LogP contribution in [0.2, 0.25) is 0 Å². The summed E-state index contributed by atoms with van der Waals surface area (Å²) < 4.78 is 18.9. The van der Waals surface area contributed by atoms with Gasteiger partial charge in [-0.3, -0.25) is 9.78 Å². The molecule has 1 amide bonds. The molecule has 3 heterocycles. The molecule has 0 bridgehead atoms. The molecule has 4 rings (SSSR count). The number of rotatable bonds is 10. The maximum atomic E-state index is 13.4. The average molecular weight is 430 g/mol. The Morgan fingerprint density at radius 1 is 1.29 bits per heavy atom. The Hall–Kier alpha value is -2.12. The molecular weight excluding hydrogens is 394 g/mol. The third kappa shape index (κ3) is 4.72. The van der Waals surface area contributed by atoms with Gasteiger partial charge >= 0.3 is 0 Å². The lowest BCUT2D eigenvalue weighted by Gasteiger charge is -2.33. The predicted molar refractivity (Wildman–Crippen MR) is 119 cm³/mol. The summed E-state index contributed by atoms with van der Waals surface area (Å²) in [4.78, 5) is 20.2. The van der Waals surface area contributed by atoms with Crippen LogP contribution in [0.3, 0.4) is 0 Å². The van der Waals surface area contributed by atoms with Crippen LogP contribution in [-0.4, -0.2) is 59.9 Å². The topological polar surface area (TPSA) is 65.8 Å². The first-order chi connectivity index (χ1) is 15.2. The fourth-order valence-electron chi connectivity index (χ4n) is 4.69. The van der Waals surface area contributed by atoms with Crippen LogP contribution in [0.25, 0.3) is 11.0 Å². The number of ether oxygens (including phenoxy) is 3. The quantitative estimate of drug-likeness (QED) is 0.532. The van der Waals surface area contributed by atoms with Crippen LogP contribution in [0, 0.1) is 0 Å². The van der Waals surface area contributed by atoms with Gasteiger partial charge in [-0.15, -0.1) is 0 Å². The lowest BCUT2D eigenvalue weighted by Crippen LogP contribution is -2.44. The summed E-state index contributed by atoms with van der Waals surface area (Å²) in [5, 5.41) is 0. The zero-order valence-electron chi connectivity index (χ0n) is 19.0. The van der Waals surface area contributed by atoms with Gasteiger partial charge in [0, 0.05) is 56.9 Å². The van der Waals surface area contributed by atoms with Crippen molar-refractivity contribution in [1.82, 2.24) is 14.5 Å². The second-order valence-electron chi connectivity index (χ2n) is 8.70. The van der Waals surface area contributed by atoms with Crippen molar-refractivity contribution in [1.29, 1.82) is 0 Å². The standard InChI is InChI=1S/C24H35N3O4/c1-17(27(18-9-10-18)24(28)21-8-4-6-15-31-21)19-16-26(13-5-7-14-29-2)23-20(30-3)11-12-25-22(19)23/h11-12,16-18,21H,4-10,13-15H2,1-3H3/t17-,21+/m0/s1. The molecule has 0 spiro atoms. The summed E-state index contributed by atoms with van der Waals surface area (Å²) in [6, 6.07) is 2.15. The third-order valence-electron chi connectivity index (χ3n) is 6.48. The van der Waals surface area contributed by atoms with E-state index in [4.69, 9.17) is 19.2 Å². The maximum Gasteiger partial charge on any atom is 0.252 e. The molecule has 2 aromatic rings. The Bertz CT molecular complexity index is 886. The molecule has 7 heteroatoms. The summed E-state index contributed by atoms with van der Waals surface area (Å²) in [6.45, 7) is 4.42. The monoisotopic (exact) mass is 429 g/mol. The van der Waals surface area contributed by atoms with Gasteiger partial charge < -0.3 is 23.7 Å². The minimum atomic E-state index is -0.304. The van der Waals surface area contributed by atoms with Crippen LogP contribution in [0.4, 0.5) is 0 Å². The van der Waals surface area contributed by atoms with Gasteiger partial charge in [0.1, 0.15) is 17.4 Å². The molecule has 2 aliphatic rings. The van der Waals surface area contributed by atoms with E-state index in [-0.39, 0.29) is 18.1 Å². The Balaban J connectivity index is 1.65. The smallest absolute Gasteiger partial charge is 0.252 e. The minimum absolute atomic E-state index is 0.0622. The van der Waals surface area contributed by atoms with Crippen molar-refractivity contribution in [3.05, 3.63) is 24.0 Å². The molecule has 0 unspecified atom stereocenters. The highest BCUT2D eigenvalue weighted by Crippen LogP contribution is 2.39. The predicted octanol–water partition coefficient (Wildman–Crippen LogP) is 4.09. The van der Waals surface area contributed by atoms with Crippen molar-refractivity contribution in [2.75, 3.05) is 27.4 Å². The van der Waals surface area contributed by atoms with Crippen LogP contribution in [0.5, 0.6) is 5.75 Å². The van der Waals surface area contributed by atoms with E-state index in [0.717, 1.165) is 80.4 Å². The molecule has 170 valence electrons. The summed E-state index contributed by atoms with van der Waals surface area (Å²) in [5.74, 6) is 0.952. The van der Waals surface area contributed by atoms with E-state index >= 15 is 0 Å². The van der Waals surface area contributed by atoms with Gasteiger partial charge in [0.2, 0.25) is 0 Å². The molecule has 31 heavy (non-hydrogen) atoms. The number of pyridine rings is 1. The van der Waals surface area contributed by atoms with E-state index in [9.17, 15) is 4.79 Å². The van der Waals surface area contributed by atoms with Crippen LogP contribution >= 0.6 is 0 Å². The number of methoxy groups -OCH3 is 2. The molecule has 0 N–H and O–H groups in total. The molecule has 2 aromatic heterocycles. The molecule has 2 fully saturated rings. The number of amides is 1. The molecular formula is C24H35N3O4. The minimum Gasteiger partial charge on any atom is -0.494 e. The molecule has 1 saturated carbocycles. The van der Waals surface area contributed by atoms with E-state index in [1.54, 1.807) is 20.4 Å². The first kappa shape index (κ1) is 22.1. The van der Waals surface area contributed by atoms with Crippen LogP contribution in [0.1, 0.15) is 63.5 Å². The molecule has 1 saturated heterocycles. The SMILES string of the molecule is COCCCCn1cc([C@H](C)N(C(=O)[C@H]2CCCCO2)C2CC2)c2nccc(OC)c21. The Kier molecular flexibility index (Phi) is 7.13. The van der Waals surface area contributed by atoms with Crippen LogP contribution in [0.15, 0.2) is 18.5 Å². The summed E-state index contributed by atoms with van der Waals surface area (Å²) >= 11 is 0. The first-order valence-electron chi connectivity index (χ1n) is 11.6. The Morgan fingerprint density at radius 3 is 2.81 bits per heavy atom. The fraction of sp³-hybridized carbons (Fsp3) is 0.667. The number of hydrogen-bond acceptors (Lipinski definition) is 5. The largest absolute Gasteiger partial charge is 0.494 e. The van der Waals surface area contributed by atoms with E-state index in [0.29, 0.717) is 12.6 Å². The number of carbonyl (C=O) groups excluding carboxylic acids is 1. The third-order valence-corrected chi connectivity index (χ3v) is 6.48. The van der Waals surface area contributed by atoms with Crippen LogP contribution in [-0.2, 0) is 20.8 Å². The molecule has 0 aromatic carbocycles. The van der Waals surface area contributed by atoms with Crippen molar-refractivity contribution in [3.63, 3.8) is 0 Å². The summed E-state index contributed by atoms with van der Waals surface area (Å²) in [5.41, 5.74) is 3.00. The normalized spacial score (nSPS) is 20.0. The highest BCUT2D eigenvalue weighted by atomic mass is 16.5. The Morgan fingerprint density at radius 2 is 2.13 bits per heavy atom. The van der Waals surface area contributed by atoms with Crippen molar-refractivity contribution in [2.24, 2.45) is 0 Å². The highest BCUT2D eigenvalue weighted by molar-refractivity contribution is 5.87. The molecule has 0 radical (unpaired) electrons. The second-order valence-corrected chi connectivity index (χ2v) is 8.70. The average Bonchev–Trinajstić information content (AvgIpc) is 3.57. The van der Waals surface area contributed by atoms with Gasteiger partial charge in [0.05, 0.1) is 18.7 Å². The van der Waals surface area contributed by atoms with Crippen molar-refractivity contribution >= 4 is 16.9 Å². The van der Waals surface area contributed by atoms with Gasteiger partial charge in [-0.25, -0.2) is 0 Å². The van der Waals surface area contributed by atoms with E-state index in [2.05, 4.69) is 22.6 Å². The van der Waals surface area contributed by atoms with E-state index in [1.807, 2.05) is 6.07 Å². The number of hydrogen-bond donors (Lipinski definition) is 0. The summed E-state index contributed by atoms with van der Waals surface area (Å²) in [6.07, 6.45) is 10.7. The lowest BCUT2D eigenvalue weighted by molar-refractivity contribution is -0.149. The van der Waals surface area contributed by atoms with Gasteiger partial charge in [-0.05, 0) is 51.9 Å². The molecule has 2 atom stereocenters. The molecule has 7 nitrogen and oxygen atoms in total. The zero-order chi connectivity index (χ0) is 21.8. The Labute approximate surface area is 184 Å². The fourth-order valence-corrected chi connectivity index (χ4v) is 4.69. The van der Waals surface area contributed by atoms with Gasteiger partial charge in [0.15, 0.2) is 0 Å². The van der Waals surface area contributed by atoms with Crippen molar-refractivity contribution < 1.29 is 19.0 Å². The van der Waals surface area contributed by atoms with Gasteiger partial charge in [0.25, 0.3) is 5.91 Å². The van der Waals surface area contributed by atoms with E-state index in [1.165, 1.54) is 0 Å². The van der Waals surface area contributed by atoms with Gasteiger partial charge in [-0.1, -0.05) is 0 Å². The summed E-state index contributed by atoms with van der Waals surface area (Å²) in [7, 11) is 3.43. The number of nitrogens with zero attached hydrogens (tertiary/aromatic N) is 3. The number of aromatic nitrogens is 2. The molecule has 1 aliphatic carbocycles. The highest BCUT2D eigenvalue weighted by Gasteiger charge is 2.40. The number of carbonyl (C=O) groups is 1. The maximum absolute atomic E-state index is 13.4. The second kappa shape index (κ2) is 10.0. The zero-order valence-corrected chi connectivity index (χ0v) is 19.0. The van der Waals surface area contributed by atoms with Gasteiger partial charge in [-0.2, -0.15) is 0 Å². The lowest BCUT2D eigenvalue weighted by atomic mass is 10.0. The number of unbranched alkanes of at least 4 members (excludes halogenated alkanes) is 1. The van der Waals surface area contributed by atoms with E-state index < -0.39 is 0 Å². The molecule has 1 aliphatic heterocycles. The first-order valence-corrected chi connectivity index (χ1v) is 11.6. The van der Waals surface area contributed by atoms with Crippen molar-refractivity contribution in [3.8, 4) is 5.75 Å².